The van der Waals surface area contributed by atoms with Gasteiger partial charge in [-0.2, -0.15) is 5.26 Å². The zero-order chi connectivity index (χ0) is 48.1. The fraction of sp³-hybridized carbons (Fsp3) is 0. The summed E-state index contributed by atoms with van der Waals surface area (Å²) in [5.41, 5.74) is 15.4. The number of hydrogen-bond acceptors (Lipinski definition) is 5. The molecule has 0 saturated carbocycles. The Hall–Kier alpha value is -10.3. The quantitative estimate of drug-likeness (QED) is 0.142. The molecule has 0 fully saturated rings. The van der Waals surface area contributed by atoms with E-state index in [9.17, 15) is 5.26 Å². The average molecular weight is 919 g/mol. The van der Waals surface area contributed by atoms with Gasteiger partial charge in [-0.05, 0) is 89.0 Å². The van der Waals surface area contributed by atoms with Crippen molar-refractivity contribution < 1.29 is 0 Å². The van der Waals surface area contributed by atoms with Crippen LogP contribution in [0.25, 0.3) is 127 Å². The summed E-state index contributed by atoms with van der Waals surface area (Å²) in [4.78, 5) is 24.1. The predicted octanol–water partition coefficient (Wildman–Crippen LogP) is 15.9. The second-order valence-corrected chi connectivity index (χ2v) is 17.6. The van der Waals surface area contributed by atoms with E-state index in [0.29, 0.717) is 28.7 Å². The van der Waals surface area contributed by atoms with E-state index in [0.717, 1.165) is 105 Å². The van der Waals surface area contributed by atoms with E-state index in [1.54, 1.807) is 0 Å². The monoisotopic (exact) mass is 918 g/mol. The predicted molar refractivity (Wildman–Crippen MR) is 290 cm³/mol. The van der Waals surface area contributed by atoms with Crippen molar-refractivity contribution in [2.24, 2.45) is 0 Å². The van der Waals surface area contributed by atoms with Gasteiger partial charge in [-0.1, -0.05) is 152 Å². The molecule has 0 aliphatic heterocycles. The molecule has 4 heterocycles. The Balaban J connectivity index is 1.09. The molecule has 0 radical (unpaired) electrons. The Morgan fingerprint density at radius 3 is 1.51 bits per heavy atom. The van der Waals surface area contributed by atoms with Gasteiger partial charge >= 0.3 is 0 Å². The molecule has 0 N–H and O–H groups in total. The van der Waals surface area contributed by atoms with Crippen LogP contribution in [-0.2, 0) is 0 Å². The van der Waals surface area contributed by atoms with Gasteiger partial charge < -0.3 is 9.13 Å². The number of aromatic nitrogens is 6. The van der Waals surface area contributed by atoms with Gasteiger partial charge in [-0.3, -0.25) is 4.98 Å². The van der Waals surface area contributed by atoms with E-state index < -0.39 is 0 Å². The van der Waals surface area contributed by atoms with Gasteiger partial charge in [0.2, 0.25) is 0 Å². The molecule has 0 spiro atoms. The van der Waals surface area contributed by atoms with Crippen molar-refractivity contribution in [3.63, 3.8) is 0 Å². The number of hydrogen-bond donors (Lipinski definition) is 0. The first kappa shape index (κ1) is 41.9. The Morgan fingerprint density at radius 2 is 0.889 bits per heavy atom. The molecule has 4 aromatic heterocycles. The molecular formula is C64H38N8. The lowest BCUT2D eigenvalue weighted by Crippen LogP contribution is -2.04. The van der Waals surface area contributed by atoms with Crippen molar-refractivity contribution >= 4 is 49.3 Å². The zero-order valence-corrected chi connectivity index (χ0v) is 38.5. The van der Waals surface area contributed by atoms with Crippen LogP contribution in [0.4, 0.5) is 5.69 Å². The molecule has 0 saturated heterocycles. The third-order valence-electron chi connectivity index (χ3n) is 13.6. The standard InChI is InChI=1S/C64H38N8/c1-66-55-25-13-10-22-48(55)44-29-32-60-53(37-44)50-24-12-15-27-57(50)72(60)61-40-67-35-34-51(61)54-38-45(64-69-62(41-16-4-2-5-17-41)68-63(70-64)42-18-6-3-7-19-42)30-33-59(54)71-56-26-14-11-23-49(56)52-36-43(28-31-58(52)71)47-21-9-8-20-46(47)39-65/h2-38,40H. The number of para-hydroxylation sites is 3. The highest BCUT2D eigenvalue weighted by molar-refractivity contribution is 6.13. The molecule has 13 rings (SSSR count). The smallest absolute Gasteiger partial charge is 0.194 e. The summed E-state index contributed by atoms with van der Waals surface area (Å²) >= 11 is 0. The van der Waals surface area contributed by atoms with E-state index in [2.05, 4.69) is 129 Å². The Bertz CT molecular complexity index is 4310. The van der Waals surface area contributed by atoms with Gasteiger partial charge in [-0.15, -0.1) is 0 Å². The lowest BCUT2D eigenvalue weighted by atomic mass is 9.98. The maximum Gasteiger partial charge on any atom is 0.194 e. The maximum atomic E-state index is 10.1. The summed E-state index contributed by atoms with van der Waals surface area (Å²) < 4.78 is 4.65. The van der Waals surface area contributed by atoms with Crippen LogP contribution in [0.1, 0.15) is 5.56 Å². The molecule has 0 amide bonds. The topological polar surface area (TPSA) is 89.6 Å². The van der Waals surface area contributed by atoms with Crippen molar-refractivity contribution in [2.45, 2.75) is 0 Å². The maximum absolute atomic E-state index is 10.1. The summed E-state index contributed by atoms with van der Waals surface area (Å²) in [5.74, 6) is 1.70. The van der Waals surface area contributed by atoms with E-state index in [-0.39, 0.29) is 0 Å². The number of nitriles is 1. The highest BCUT2D eigenvalue weighted by atomic mass is 15.0. The Kier molecular flexibility index (Phi) is 10.1. The van der Waals surface area contributed by atoms with Gasteiger partial charge in [0.05, 0.1) is 57.8 Å². The van der Waals surface area contributed by atoms with Crippen molar-refractivity contribution in [1.29, 1.82) is 5.26 Å². The average Bonchev–Trinajstić information content (AvgIpc) is 3.97. The molecule has 334 valence electrons. The fourth-order valence-corrected chi connectivity index (χ4v) is 10.3. The largest absolute Gasteiger partial charge is 0.309 e. The second kappa shape index (κ2) is 17.4. The molecule has 8 heteroatoms. The summed E-state index contributed by atoms with van der Waals surface area (Å²) in [6.07, 6.45) is 3.81. The highest BCUT2D eigenvalue weighted by Crippen LogP contribution is 2.44. The number of benzene rings is 9. The molecule has 0 unspecified atom stereocenters. The molecule has 72 heavy (non-hydrogen) atoms. The van der Waals surface area contributed by atoms with Crippen LogP contribution in [0.5, 0.6) is 0 Å². The molecule has 8 nitrogen and oxygen atoms in total. The molecule has 9 aromatic carbocycles. The lowest BCUT2D eigenvalue weighted by Gasteiger charge is -2.19. The molecule has 0 aliphatic carbocycles. The van der Waals surface area contributed by atoms with E-state index in [1.807, 2.05) is 122 Å². The van der Waals surface area contributed by atoms with Crippen molar-refractivity contribution in [3.05, 3.63) is 248 Å². The third kappa shape index (κ3) is 6.98. The van der Waals surface area contributed by atoms with Crippen molar-refractivity contribution in [3.8, 4) is 85.0 Å². The number of nitrogens with zero attached hydrogens (tertiary/aromatic N) is 8. The first-order valence-corrected chi connectivity index (χ1v) is 23.6. The molecule has 0 atom stereocenters. The molecular weight excluding hydrogens is 881 g/mol. The summed E-state index contributed by atoms with van der Waals surface area (Å²) in [6.45, 7) is 7.93. The third-order valence-corrected chi connectivity index (χ3v) is 13.6. The molecule has 0 aliphatic rings. The summed E-state index contributed by atoms with van der Waals surface area (Å²) in [6, 6.07) is 76.6. The first-order valence-electron chi connectivity index (χ1n) is 23.6. The van der Waals surface area contributed by atoms with E-state index in [1.165, 1.54) is 0 Å². The number of pyridine rings is 1. The Labute approximate surface area is 414 Å². The minimum absolute atomic E-state index is 0.540. The van der Waals surface area contributed by atoms with Crippen LogP contribution in [0, 0.1) is 17.9 Å². The van der Waals surface area contributed by atoms with E-state index >= 15 is 0 Å². The zero-order valence-electron chi connectivity index (χ0n) is 38.5. The van der Waals surface area contributed by atoms with Gasteiger partial charge in [0, 0.05) is 55.6 Å². The lowest BCUT2D eigenvalue weighted by molar-refractivity contribution is 1.07. The van der Waals surface area contributed by atoms with Gasteiger partial charge in [0.15, 0.2) is 23.2 Å². The highest BCUT2D eigenvalue weighted by Gasteiger charge is 2.23. The van der Waals surface area contributed by atoms with E-state index in [4.69, 9.17) is 26.5 Å². The van der Waals surface area contributed by atoms with Crippen molar-refractivity contribution in [1.82, 2.24) is 29.1 Å². The van der Waals surface area contributed by atoms with Crippen LogP contribution in [0.2, 0.25) is 0 Å². The van der Waals surface area contributed by atoms with Crippen LogP contribution < -0.4 is 0 Å². The fourth-order valence-electron chi connectivity index (χ4n) is 10.3. The Morgan fingerprint density at radius 1 is 0.389 bits per heavy atom. The molecule has 0 bridgehead atoms. The minimum atomic E-state index is 0.540. The van der Waals surface area contributed by atoms with Crippen LogP contribution in [0.15, 0.2) is 231 Å². The first-order chi connectivity index (χ1) is 35.6. The van der Waals surface area contributed by atoms with Crippen LogP contribution in [-0.4, -0.2) is 29.1 Å². The van der Waals surface area contributed by atoms with Gasteiger partial charge in [0.25, 0.3) is 0 Å². The van der Waals surface area contributed by atoms with Gasteiger partial charge in [0.1, 0.15) is 0 Å². The normalized spacial score (nSPS) is 11.3. The van der Waals surface area contributed by atoms with Crippen LogP contribution >= 0.6 is 0 Å². The van der Waals surface area contributed by atoms with Crippen molar-refractivity contribution in [2.75, 3.05) is 0 Å². The number of rotatable bonds is 8. The summed E-state index contributed by atoms with van der Waals surface area (Å²) in [5, 5.41) is 14.4. The van der Waals surface area contributed by atoms with Crippen LogP contribution in [0.3, 0.4) is 0 Å². The summed E-state index contributed by atoms with van der Waals surface area (Å²) in [7, 11) is 0. The second-order valence-electron chi connectivity index (χ2n) is 17.6. The minimum Gasteiger partial charge on any atom is -0.309 e. The molecule has 13 aromatic rings. The van der Waals surface area contributed by atoms with Gasteiger partial charge in [-0.25, -0.2) is 19.8 Å². The SMILES string of the molecule is [C-]#[N+]c1ccccc1-c1ccc2c(c1)c1ccccc1n2-c1cnccc1-c1cc(-c2nc(-c3ccccc3)nc(-c3ccccc3)n2)ccc1-n1c2ccccc2c2cc(-c3ccccc3C#N)ccc21. The number of fused-ring (bicyclic) bond motifs is 6.